The summed E-state index contributed by atoms with van der Waals surface area (Å²) in [5, 5.41) is 2.73. The molecule has 0 saturated heterocycles. The molecule has 1 aliphatic rings. The standard InChI is InChI=1S/C27H32F3N3O3/c1-4-33(5-2)25(35)17-24(34)31-20-12-10-19(11-13-20)21(16-18-8-6-7-9-18)23-15-14-22(27(28,29)30)26(32-23)36-3/h10-16,18H,4-9,17H2,1-3H3,(H,31,34). The zero-order chi connectivity index (χ0) is 26.3. The summed E-state index contributed by atoms with van der Waals surface area (Å²) >= 11 is 0. The van der Waals surface area contributed by atoms with Gasteiger partial charge in [-0.25, -0.2) is 4.98 Å². The molecule has 0 spiro atoms. The third-order valence-electron chi connectivity index (χ3n) is 6.34. The molecule has 0 atom stereocenters. The molecule has 36 heavy (non-hydrogen) atoms. The number of hydrogen-bond acceptors (Lipinski definition) is 4. The van der Waals surface area contributed by atoms with Crippen LogP contribution in [0.3, 0.4) is 0 Å². The molecule has 1 aromatic heterocycles. The Labute approximate surface area is 209 Å². The number of nitrogens with zero attached hydrogens (tertiary/aromatic N) is 2. The van der Waals surface area contributed by atoms with Gasteiger partial charge >= 0.3 is 6.18 Å². The molecule has 2 aromatic rings. The van der Waals surface area contributed by atoms with Crippen molar-refractivity contribution in [3.05, 3.63) is 59.3 Å². The molecule has 0 aliphatic heterocycles. The van der Waals surface area contributed by atoms with Crippen molar-refractivity contribution in [1.82, 2.24) is 9.88 Å². The van der Waals surface area contributed by atoms with Crippen molar-refractivity contribution in [2.75, 3.05) is 25.5 Å². The SMILES string of the molecule is CCN(CC)C(=O)CC(=O)Nc1ccc(C(=CC2CCCC2)c2ccc(C(F)(F)F)c(OC)n2)cc1. The van der Waals surface area contributed by atoms with E-state index >= 15 is 0 Å². The summed E-state index contributed by atoms with van der Waals surface area (Å²) in [6.45, 7) is 4.79. The van der Waals surface area contributed by atoms with Crippen LogP contribution in [0.4, 0.5) is 18.9 Å². The summed E-state index contributed by atoms with van der Waals surface area (Å²) in [7, 11) is 1.17. The highest BCUT2D eigenvalue weighted by Gasteiger charge is 2.35. The minimum atomic E-state index is -4.57. The second-order valence-corrected chi connectivity index (χ2v) is 8.74. The molecule has 1 aliphatic carbocycles. The quantitative estimate of drug-likeness (QED) is 0.431. The molecule has 0 radical (unpaired) electrons. The lowest BCUT2D eigenvalue weighted by atomic mass is 9.95. The number of pyridine rings is 1. The van der Waals surface area contributed by atoms with Crippen LogP contribution in [0.2, 0.25) is 0 Å². The minimum absolute atomic E-state index is 0.238. The number of allylic oxidation sites excluding steroid dienone is 1. The van der Waals surface area contributed by atoms with Gasteiger partial charge in [0.1, 0.15) is 12.0 Å². The van der Waals surface area contributed by atoms with Crippen LogP contribution in [0.25, 0.3) is 5.57 Å². The molecule has 1 heterocycles. The van der Waals surface area contributed by atoms with Crippen molar-refractivity contribution >= 4 is 23.1 Å². The number of carbonyl (C=O) groups is 2. The van der Waals surface area contributed by atoms with Crippen molar-refractivity contribution in [2.24, 2.45) is 5.92 Å². The number of alkyl halides is 3. The maximum atomic E-state index is 13.3. The Morgan fingerprint density at radius 1 is 1.08 bits per heavy atom. The van der Waals surface area contributed by atoms with Gasteiger partial charge in [-0.1, -0.05) is 31.1 Å². The Morgan fingerprint density at radius 2 is 1.72 bits per heavy atom. The van der Waals surface area contributed by atoms with Gasteiger partial charge in [-0.3, -0.25) is 9.59 Å². The second-order valence-electron chi connectivity index (χ2n) is 8.74. The van der Waals surface area contributed by atoms with Gasteiger partial charge in [0.15, 0.2) is 0 Å². The number of hydrogen-bond donors (Lipinski definition) is 1. The highest BCUT2D eigenvalue weighted by molar-refractivity contribution is 6.03. The number of benzene rings is 1. The van der Waals surface area contributed by atoms with Gasteiger partial charge in [-0.2, -0.15) is 13.2 Å². The molecule has 3 rings (SSSR count). The maximum Gasteiger partial charge on any atom is 0.421 e. The lowest BCUT2D eigenvalue weighted by molar-refractivity contribution is -0.139. The van der Waals surface area contributed by atoms with Crippen LogP contribution in [0, 0.1) is 5.92 Å². The zero-order valence-corrected chi connectivity index (χ0v) is 20.8. The van der Waals surface area contributed by atoms with Crippen LogP contribution < -0.4 is 10.1 Å². The topological polar surface area (TPSA) is 71.5 Å². The Kier molecular flexibility index (Phi) is 9.12. The number of nitrogens with one attached hydrogen (secondary N) is 1. The van der Waals surface area contributed by atoms with Crippen LogP contribution in [0.1, 0.15) is 62.8 Å². The van der Waals surface area contributed by atoms with Crippen LogP contribution >= 0.6 is 0 Å². The number of ether oxygens (including phenoxy) is 1. The minimum Gasteiger partial charge on any atom is -0.481 e. The van der Waals surface area contributed by atoms with E-state index in [0.717, 1.165) is 37.3 Å². The molecule has 1 fully saturated rings. The van der Waals surface area contributed by atoms with E-state index in [4.69, 9.17) is 4.74 Å². The molecule has 0 bridgehead atoms. The monoisotopic (exact) mass is 503 g/mol. The third-order valence-corrected chi connectivity index (χ3v) is 6.34. The van der Waals surface area contributed by atoms with E-state index in [1.807, 2.05) is 13.8 Å². The predicted octanol–water partition coefficient (Wildman–Crippen LogP) is 5.93. The molecular weight excluding hydrogens is 471 g/mol. The summed E-state index contributed by atoms with van der Waals surface area (Å²) in [5.74, 6) is -0.812. The van der Waals surface area contributed by atoms with E-state index in [2.05, 4.69) is 16.4 Å². The molecule has 1 aromatic carbocycles. The first-order chi connectivity index (χ1) is 17.2. The highest BCUT2D eigenvalue weighted by atomic mass is 19.4. The number of halogens is 3. The van der Waals surface area contributed by atoms with Gasteiger partial charge < -0.3 is 15.0 Å². The van der Waals surface area contributed by atoms with Gasteiger partial charge in [0.05, 0.1) is 12.8 Å². The normalized spacial score (nSPS) is 14.6. The van der Waals surface area contributed by atoms with Gasteiger partial charge in [0.25, 0.3) is 0 Å². The summed E-state index contributed by atoms with van der Waals surface area (Å²) in [4.78, 5) is 30.3. The summed E-state index contributed by atoms with van der Waals surface area (Å²) < 4.78 is 45.0. The highest BCUT2D eigenvalue weighted by Crippen LogP contribution is 2.37. The molecule has 0 unspecified atom stereocenters. The first-order valence-corrected chi connectivity index (χ1v) is 12.2. The molecule has 9 heteroatoms. The smallest absolute Gasteiger partial charge is 0.421 e. The van der Waals surface area contributed by atoms with Crippen molar-refractivity contribution in [3.63, 3.8) is 0 Å². The summed E-state index contributed by atoms with van der Waals surface area (Å²) in [6, 6.07) is 9.34. The van der Waals surface area contributed by atoms with Crippen LogP contribution in [0.5, 0.6) is 5.88 Å². The van der Waals surface area contributed by atoms with Crippen molar-refractivity contribution in [1.29, 1.82) is 0 Å². The maximum absolute atomic E-state index is 13.3. The van der Waals surface area contributed by atoms with Crippen molar-refractivity contribution in [2.45, 2.75) is 52.1 Å². The molecule has 6 nitrogen and oxygen atoms in total. The van der Waals surface area contributed by atoms with Crippen molar-refractivity contribution in [3.8, 4) is 5.88 Å². The lowest BCUT2D eigenvalue weighted by Gasteiger charge is -2.18. The fourth-order valence-corrected chi connectivity index (χ4v) is 4.41. The average molecular weight is 504 g/mol. The predicted molar refractivity (Wildman–Crippen MR) is 132 cm³/mol. The van der Waals surface area contributed by atoms with Crippen LogP contribution in [-0.2, 0) is 15.8 Å². The van der Waals surface area contributed by atoms with Gasteiger partial charge in [0, 0.05) is 24.4 Å². The number of rotatable bonds is 9. The van der Waals surface area contributed by atoms with Crippen LogP contribution in [-0.4, -0.2) is 41.9 Å². The average Bonchev–Trinajstić information content (AvgIpc) is 3.36. The van der Waals surface area contributed by atoms with E-state index in [0.29, 0.717) is 36.0 Å². The molecular formula is C27H32F3N3O3. The number of anilines is 1. The van der Waals surface area contributed by atoms with Crippen LogP contribution in [0.15, 0.2) is 42.5 Å². The van der Waals surface area contributed by atoms with E-state index in [1.165, 1.54) is 13.2 Å². The number of amides is 2. The summed E-state index contributed by atoms with van der Waals surface area (Å²) in [5.41, 5.74) is 1.45. The first kappa shape index (κ1) is 27.2. The molecule has 2 amide bonds. The summed E-state index contributed by atoms with van der Waals surface area (Å²) in [6.07, 6.45) is 1.49. The molecule has 1 saturated carbocycles. The largest absolute Gasteiger partial charge is 0.481 e. The number of carbonyl (C=O) groups excluding carboxylic acids is 2. The zero-order valence-electron chi connectivity index (χ0n) is 20.8. The molecule has 194 valence electrons. The van der Waals surface area contributed by atoms with Gasteiger partial charge in [-0.15, -0.1) is 0 Å². The van der Waals surface area contributed by atoms with E-state index in [9.17, 15) is 22.8 Å². The Hall–Kier alpha value is -3.36. The van der Waals surface area contributed by atoms with Gasteiger partial charge in [0.2, 0.25) is 17.7 Å². The Balaban J connectivity index is 1.86. The second kappa shape index (κ2) is 12.1. The fourth-order valence-electron chi connectivity index (χ4n) is 4.41. The van der Waals surface area contributed by atoms with Gasteiger partial charge in [-0.05, 0) is 62.4 Å². The first-order valence-electron chi connectivity index (χ1n) is 12.2. The number of aromatic nitrogens is 1. The lowest BCUT2D eigenvalue weighted by Crippen LogP contribution is -2.33. The Bertz CT molecular complexity index is 1090. The molecule has 1 N–H and O–H groups in total. The van der Waals surface area contributed by atoms with E-state index in [-0.39, 0.29) is 12.3 Å². The third kappa shape index (κ3) is 6.86. The van der Waals surface area contributed by atoms with Crippen molar-refractivity contribution < 1.29 is 27.5 Å². The van der Waals surface area contributed by atoms with E-state index < -0.39 is 23.5 Å². The Morgan fingerprint density at radius 3 is 2.28 bits per heavy atom. The fraction of sp³-hybridized carbons (Fsp3) is 0.444. The van der Waals surface area contributed by atoms with E-state index in [1.54, 1.807) is 29.2 Å². The number of methoxy groups -OCH3 is 1.